The summed E-state index contributed by atoms with van der Waals surface area (Å²) in [4.78, 5) is 26.8. The van der Waals surface area contributed by atoms with Crippen LogP contribution in [0.25, 0.3) is 11.3 Å². The number of rotatable bonds is 5. The first kappa shape index (κ1) is 21.7. The van der Waals surface area contributed by atoms with Crippen molar-refractivity contribution < 1.29 is 14.3 Å². The van der Waals surface area contributed by atoms with Crippen molar-refractivity contribution in [3.8, 4) is 17.0 Å². The van der Waals surface area contributed by atoms with E-state index >= 15 is 0 Å². The quantitative estimate of drug-likeness (QED) is 0.734. The number of ether oxygens (including phenoxy) is 2. The lowest BCUT2D eigenvalue weighted by molar-refractivity contribution is -0.145. The van der Waals surface area contributed by atoms with E-state index in [0.29, 0.717) is 25.7 Å². The zero-order valence-corrected chi connectivity index (χ0v) is 18.7. The Balaban J connectivity index is 1.47. The summed E-state index contributed by atoms with van der Waals surface area (Å²) in [6, 6.07) is 8.31. The lowest BCUT2D eigenvalue weighted by Crippen LogP contribution is -2.48. The van der Waals surface area contributed by atoms with Crippen molar-refractivity contribution in [3.63, 3.8) is 0 Å². The van der Waals surface area contributed by atoms with Crippen LogP contribution in [-0.2, 0) is 9.53 Å². The molecule has 1 aromatic heterocycles. The maximum Gasteiger partial charge on any atom is 0.225 e. The molecule has 0 aliphatic carbocycles. The molecule has 7 nitrogen and oxygen atoms in total. The lowest BCUT2D eigenvalue weighted by atomic mass is 9.94. The van der Waals surface area contributed by atoms with E-state index in [9.17, 15) is 4.79 Å². The summed E-state index contributed by atoms with van der Waals surface area (Å²) >= 11 is 0. The second-order valence-electron chi connectivity index (χ2n) is 8.57. The Kier molecular flexibility index (Phi) is 6.83. The van der Waals surface area contributed by atoms with Crippen molar-refractivity contribution in [1.29, 1.82) is 0 Å². The molecule has 1 aromatic carbocycles. The molecule has 3 heterocycles. The van der Waals surface area contributed by atoms with Gasteiger partial charge in [-0.1, -0.05) is 0 Å². The zero-order valence-electron chi connectivity index (χ0n) is 18.7. The van der Waals surface area contributed by atoms with Crippen LogP contribution in [0.3, 0.4) is 0 Å². The molecule has 0 N–H and O–H groups in total. The van der Waals surface area contributed by atoms with Gasteiger partial charge in [-0.05, 0) is 64.0 Å². The molecule has 2 aromatic rings. The Labute approximate surface area is 184 Å². The molecule has 1 unspecified atom stereocenters. The third-order valence-electron chi connectivity index (χ3n) is 6.38. The number of piperidine rings is 1. The molecule has 31 heavy (non-hydrogen) atoms. The summed E-state index contributed by atoms with van der Waals surface area (Å²) < 4.78 is 11.3. The molecule has 1 amide bonds. The molecule has 0 bridgehead atoms. The number of morpholine rings is 1. The Morgan fingerprint density at radius 2 is 1.81 bits per heavy atom. The number of aromatic nitrogens is 2. The second-order valence-corrected chi connectivity index (χ2v) is 8.57. The van der Waals surface area contributed by atoms with E-state index in [1.54, 1.807) is 19.5 Å². The molecule has 0 spiro atoms. The molecule has 7 heteroatoms. The van der Waals surface area contributed by atoms with Gasteiger partial charge in [0.1, 0.15) is 11.9 Å². The van der Waals surface area contributed by atoms with E-state index in [1.807, 2.05) is 29.2 Å². The summed E-state index contributed by atoms with van der Waals surface area (Å²) in [5.74, 6) is 1.16. The van der Waals surface area contributed by atoms with Crippen molar-refractivity contribution in [2.45, 2.75) is 38.8 Å². The minimum Gasteiger partial charge on any atom is -0.497 e. The fourth-order valence-corrected chi connectivity index (χ4v) is 4.49. The van der Waals surface area contributed by atoms with Gasteiger partial charge >= 0.3 is 0 Å². The summed E-state index contributed by atoms with van der Waals surface area (Å²) in [5, 5.41) is 0. The van der Waals surface area contributed by atoms with Gasteiger partial charge in [0.15, 0.2) is 0 Å². The van der Waals surface area contributed by atoms with Crippen LogP contribution >= 0.6 is 0 Å². The minimum absolute atomic E-state index is 0.108. The van der Waals surface area contributed by atoms with Crippen LogP contribution < -0.4 is 4.74 Å². The maximum absolute atomic E-state index is 13.2. The van der Waals surface area contributed by atoms with Crippen molar-refractivity contribution in [2.24, 2.45) is 5.92 Å². The molecule has 2 aliphatic rings. The predicted octanol–water partition coefficient (Wildman–Crippen LogP) is 3.17. The third kappa shape index (κ3) is 4.88. The lowest BCUT2D eigenvalue weighted by Gasteiger charge is -2.38. The number of likely N-dealkylation sites (tertiary alicyclic amines) is 1. The van der Waals surface area contributed by atoms with Crippen LogP contribution in [0.4, 0.5) is 0 Å². The average Bonchev–Trinajstić information content (AvgIpc) is 2.84. The average molecular weight is 425 g/mol. The van der Waals surface area contributed by atoms with E-state index in [-0.39, 0.29) is 17.9 Å². The van der Waals surface area contributed by atoms with Crippen LogP contribution in [-0.4, -0.2) is 71.6 Å². The van der Waals surface area contributed by atoms with Crippen molar-refractivity contribution in [3.05, 3.63) is 42.4 Å². The number of carbonyl (C=O) groups is 1. The standard InChI is InChI=1S/C24H32N4O3/c1-17(2)27-12-8-19(9-13-27)24(29)28-14-15-31-21(16-28)23-22(25-10-11-26-23)18-4-6-20(30-3)7-5-18/h4-7,10-11,17,19,21H,8-9,12-16H2,1-3H3. The first-order valence-electron chi connectivity index (χ1n) is 11.2. The summed E-state index contributed by atoms with van der Waals surface area (Å²) in [5.41, 5.74) is 2.52. The maximum atomic E-state index is 13.2. The number of methoxy groups -OCH3 is 1. The molecule has 1 atom stereocenters. The first-order valence-corrected chi connectivity index (χ1v) is 11.2. The van der Waals surface area contributed by atoms with Gasteiger partial charge in [0.25, 0.3) is 0 Å². The molecule has 2 fully saturated rings. The fraction of sp³-hybridized carbons (Fsp3) is 0.542. The number of hydrogen-bond donors (Lipinski definition) is 0. The van der Waals surface area contributed by atoms with Crippen LogP contribution in [0.15, 0.2) is 36.7 Å². The van der Waals surface area contributed by atoms with Gasteiger partial charge < -0.3 is 19.3 Å². The van der Waals surface area contributed by atoms with Crippen LogP contribution in [0.2, 0.25) is 0 Å². The highest BCUT2D eigenvalue weighted by molar-refractivity contribution is 5.79. The van der Waals surface area contributed by atoms with Gasteiger partial charge in [-0.3, -0.25) is 14.8 Å². The molecule has 2 saturated heterocycles. The largest absolute Gasteiger partial charge is 0.497 e. The Bertz CT molecular complexity index is 879. The van der Waals surface area contributed by atoms with Crippen LogP contribution in [0.1, 0.15) is 38.5 Å². The smallest absolute Gasteiger partial charge is 0.225 e. The highest BCUT2D eigenvalue weighted by Crippen LogP contribution is 2.31. The van der Waals surface area contributed by atoms with E-state index < -0.39 is 0 Å². The predicted molar refractivity (Wildman–Crippen MR) is 119 cm³/mol. The van der Waals surface area contributed by atoms with E-state index in [1.165, 1.54) is 0 Å². The second kappa shape index (κ2) is 9.75. The van der Waals surface area contributed by atoms with Gasteiger partial charge in [0.05, 0.1) is 31.6 Å². The molecule has 4 rings (SSSR count). The van der Waals surface area contributed by atoms with Gasteiger partial charge in [-0.2, -0.15) is 0 Å². The molecule has 0 saturated carbocycles. The highest BCUT2D eigenvalue weighted by Gasteiger charge is 2.34. The van der Waals surface area contributed by atoms with Gasteiger partial charge in [-0.25, -0.2) is 0 Å². The van der Waals surface area contributed by atoms with Crippen molar-refractivity contribution >= 4 is 5.91 Å². The SMILES string of the molecule is COc1ccc(-c2nccnc2C2CN(C(=O)C3CCN(C(C)C)CC3)CCO2)cc1. The summed E-state index contributed by atoms with van der Waals surface area (Å²) in [6.45, 7) is 8.09. The Hall–Kier alpha value is -2.51. The van der Waals surface area contributed by atoms with Crippen LogP contribution in [0, 0.1) is 5.92 Å². The first-order chi connectivity index (χ1) is 15.1. The minimum atomic E-state index is -0.278. The van der Waals surface area contributed by atoms with Crippen molar-refractivity contribution in [1.82, 2.24) is 19.8 Å². The Morgan fingerprint density at radius 1 is 1.10 bits per heavy atom. The topological polar surface area (TPSA) is 67.8 Å². The summed E-state index contributed by atoms with van der Waals surface area (Å²) in [7, 11) is 1.65. The molecular weight excluding hydrogens is 392 g/mol. The molecule has 0 radical (unpaired) electrons. The fourth-order valence-electron chi connectivity index (χ4n) is 4.49. The van der Waals surface area contributed by atoms with Gasteiger partial charge in [-0.15, -0.1) is 0 Å². The van der Waals surface area contributed by atoms with Crippen LogP contribution in [0.5, 0.6) is 5.75 Å². The monoisotopic (exact) mass is 424 g/mol. The summed E-state index contributed by atoms with van der Waals surface area (Å²) in [6.07, 6.45) is 4.97. The van der Waals surface area contributed by atoms with Gasteiger partial charge in [0.2, 0.25) is 5.91 Å². The normalized spacial score (nSPS) is 20.8. The number of hydrogen-bond acceptors (Lipinski definition) is 6. The van der Waals surface area contributed by atoms with Gasteiger partial charge in [0, 0.05) is 36.5 Å². The molecule has 2 aliphatic heterocycles. The third-order valence-corrected chi connectivity index (χ3v) is 6.38. The van der Waals surface area contributed by atoms with Crippen molar-refractivity contribution in [2.75, 3.05) is 39.9 Å². The number of nitrogens with zero attached hydrogens (tertiary/aromatic N) is 4. The number of benzene rings is 1. The zero-order chi connectivity index (χ0) is 21.8. The number of amides is 1. The molecule has 166 valence electrons. The molecular formula is C24H32N4O3. The Morgan fingerprint density at radius 3 is 2.48 bits per heavy atom. The van der Waals surface area contributed by atoms with E-state index in [4.69, 9.17) is 9.47 Å². The van der Waals surface area contributed by atoms with E-state index in [2.05, 4.69) is 28.7 Å². The number of carbonyl (C=O) groups excluding carboxylic acids is 1. The van der Waals surface area contributed by atoms with E-state index in [0.717, 1.165) is 48.6 Å². The highest BCUT2D eigenvalue weighted by atomic mass is 16.5.